The van der Waals surface area contributed by atoms with Crippen molar-refractivity contribution in [2.24, 2.45) is 0 Å². The number of hydrogen-bond donors (Lipinski definition) is 0. The molecule has 0 saturated carbocycles. The molecule has 0 spiro atoms. The molecule has 1 aliphatic rings. The lowest BCUT2D eigenvalue weighted by Gasteiger charge is -2.43. The van der Waals surface area contributed by atoms with Gasteiger partial charge in [0.25, 0.3) is 8.32 Å². The molecule has 0 amide bonds. The summed E-state index contributed by atoms with van der Waals surface area (Å²) in [5.74, 6) is 0. The highest BCUT2D eigenvalue weighted by Gasteiger charge is 2.53. The molecule has 182 valence electrons. The van der Waals surface area contributed by atoms with Gasteiger partial charge in [-0.3, -0.25) is 0 Å². The molecule has 3 heteroatoms. The lowest BCUT2D eigenvalue weighted by atomic mass is 10.0. The Balaban J connectivity index is 1.61. The minimum atomic E-state index is -2.48. The average molecular weight is 467 g/mol. The van der Waals surface area contributed by atoms with Crippen molar-refractivity contribution in [2.45, 2.75) is 103 Å². The van der Waals surface area contributed by atoms with Gasteiger partial charge in [0.1, 0.15) is 5.60 Å². The summed E-state index contributed by atoms with van der Waals surface area (Å²) in [5.41, 5.74) is -0.0613. The van der Waals surface area contributed by atoms with Crippen LogP contribution in [0.3, 0.4) is 0 Å². The SMILES string of the molecule is CCCCCCCCCCC[C@]1(CO[Si](c2ccccc2)(c2ccccc2)C(C)(C)C)CO1. The van der Waals surface area contributed by atoms with Crippen LogP contribution < -0.4 is 10.4 Å². The Labute approximate surface area is 204 Å². The van der Waals surface area contributed by atoms with Gasteiger partial charge in [0, 0.05) is 0 Å². The summed E-state index contributed by atoms with van der Waals surface area (Å²) in [6.45, 7) is 10.9. The summed E-state index contributed by atoms with van der Waals surface area (Å²) in [6, 6.07) is 21.9. The fraction of sp³-hybridized carbons (Fsp3) is 0.600. The molecule has 2 nitrogen and oxygen atoms in total. The Bertz CT molecular complexity index is 754. The van der Waals surface area contributed by atoms with Gasteiger partial charge >= 0.3 is 0 Å². The summed E-state index contributed by atoms with van der Waals surface area (Å²) >= 11 is 0. The summed E-state index contributed by atoms with van der Waals surface area (Å²) < 4.78 is 13.2. The Morgan fingerprint density at radius 2 is 1.21 bits per heavy atom. The van der Waals surface area contributed by atoms with Crippen molar-refractivity contribution in [3.63, 3.8) is 0 Å². The van der Waals surface area contributed by atoms with E-state index < -0.39 is 8.32 Å². The summed E-state index contributed by atoms with van der Waals surface area (Å²) in [4.78, 5) is 0. The third kappa shape index (κ3) is 7.04. The molecule has 33 heavy (non-hydrogen) atoms. The van der Waals surface area contributed by atoms with Crippen molar-refractivity contribution in [3.8, 4) is 0 Å². The number of hydrogen-bond acceptors (Lipinski definition) is 2. The molecule has 0 aliphatic carbocycles. The maximum atomic E-state index is 7.14. The van der Waals surface area contributed by atoms with Crippen molar-refractivity contribution in [1.29, 1.82) is 0 Å². The van der Waals surface area contributed by atoms with Crippen LogP contribution in [0.2, 0.25) is 5.04 Å². The van der Waals surface area contributed by atoms with Crippen LogP contribution in [0.15, 0.2) is 60.7 Å². The Morgan fingerprint density at radius 3 is 1.64 bits per heavy atom. The fourth-order valence-electron chi connectivity index (χ4n) is 5.16. The molecule has 0 bridgehead atoms. The molecule has 2 aromatic carbocycles. The zero-order valence-corrected chi connectivity index (χ0v) is 22.6. The zero-order valence-electron chi connectivity index (χ0n) is 21.6. The molecule has 1 saturated heterocycles. The van der Waals surface area contributed by atoms with Gasteiger partial charge in [-0.25, -0.2) is 0 Å². The maximum Gasteiger partial charge on any atom is 0.261 e. The minimum Gasteiger partial charge on any atom is -0.404 e. The van der Waals surface area contributed by atoms with Gasteiger partial charge in [-0.1, -0.05) is 146 Å². The lowest BCUT2D eigenvalue weighted by Crippen LogP contribution is -2.67. The molecule has 1 fully saturated rings. The predicted molar refractivity (Wildman–Crippen MR) is 144 cm³/mol. The Morgan fingerprint density at radius 1 is 0.758 bits per heavy atom. The van der Waals surface area contributed by atoms with E-state index in [2.05, 4.69) is 88.4 Å². The number of rotatable bonds is 15. The standard InChI is InChI=1S/C30H46O2Si/c1-5-6-7-8-9-10-11-12-19-24-30(25-31-30)26-32-33(29(2,3)4,27-20-15-13-16-21-27)28-22-17-14-18-23-28/h13-18,20-23H,5-12,19,24-26H2,1-4H3/t30-/m1/s1. The fourth-order valence-corrected chi connectivity index (χ4v) is 9.80. The second-order valence-electron chi connectivity index (χ2n) is 11.0. The maximum absolute atomic E-state index is 7.14. The number of ether oxygens (including phenoxy) is 1. The predicted octanol–water partition coefficient (Wildman–Crippen LogP) is 7.25. The van der Waals surface area contributed by atoms with Gasteiger partial charge in [-0.15, -0.1) is 0 Å². The van der Waals surface area contributed by atoms with E-state index in [0.29, 0.717) is 6.61 Å². The molecule has 0 radical (unpaired) electrons. The second kappa shape index (κ2) is 12.3. The van der Waals surface area contributed by atoms with Crippen LogP contribution in [-0.4, -0.2) is 27.1 Å². The summed E-state index contributed by atoms with van der Waals surface area (Å²) in [6.07, 6.45) is 13.4. The van der Waals surface area contributed by atoms with Crippen LogP contribution in [0.4, 0.5) is 0 Å². The van der Waals surface area contributed by atoms with Crippen molar-refractivity contribution in [2.75, 3.05) is 13.2 Å². The molecule has 3 rings (SSSR count). The van der Waals surface area contributed by atoms with Gasteiger partial charge in [-0.05, 0) is 21.8 Å². The zero-order chi connectivity index (χ0) is 23.6. The highest BCUT2D eigenvalue weighted by Crippen LogP contribution is 2.40. The van der Waals surface area contributed by atoms with Crippen molar-refractivity contribution < 1.29 is 9.16 Å². The van der Waals surface area contributed by atoms with Crippen molar-refractivity contribution >= 4 is 18.7 Å². The van der Waals surface area contributed by atoms with E-state index in [9.17, 15) is 0 Å². The number of unbranched alkanes of at least 4 members (excludes halogenated alkanes) is 8. The Kier molecular flexibility index (Phi) is 9.78. The van der Waals surface area contributed by atoms with Crippen molar-refractivity contribution in [3.05, 3.63) is 60.7 Å². The topological polar surface area (TPSA) is 21.8 Å². The molecule has 1 aliphatic heterocycles. The first kappa shape index (κ1) is 26.2. The minimum absolute atomic E-state index is 0.0174. The number of epoxide rings is 1. The van der Waals surface area contributed by atoms with Crippen LogP contribution in [0, 0.1) is 0 Å². The summed E-state index contributed by atoms with van der Waals surface area (Å²) in [7, 11) is -2.48. The van der Waals surface area contributed by atoms with Crippen molar-refractivity contribution in [1.82, 2.24) is 0 Å². The first-order valence-electron chi connectivity index (χ1n) is 13.3. The van der Waals surface area contributed by atoms with Gasteiger partial charge in [0.05, 0.1) is 13.2 Å². The third-order valence-corrected chi connectivity index (χ3v) is 12.2. The third-order valence-electron chi connectivity index (χ3n) is 7.26. The first-order valence-corrected chi connectivity index (χ1v) is 15.2. The first-order chi connectivity index (χ1) is 15.9. The largest absolute Gasteiger partial charge is 0.404 e. The summed E-state index contributed by atoms with van der Waals surface area (Å²) in [5, 5.41) is 2.72. The average Bonchev–Trinajstić information content (AvgIpc) is 3.59. The quantitative estimate of drug-likeness (QED) is 0.157. The molecule has 1 atom stereocenters. The van der Waals surface area contributed by atoms with Crippen LogP contribution in [0.25, 0.3) is 0 Å². The van der Waals surface area contributed by atoms with E-state index in [1.807, 2.05) is 0 Å². The molecule has 2 aromatic rings. The van der Waals surface area contributed by atoms with E-state index in [4.69, 9.17) is 9.16 Å². The van der Waals surface area contributed by atoms with Gasteiger partial charge in [0.2, 0.25) is 0 Å². The van der Waals surface area contributed by atoms with E-state index in [1.165, 1.54) is 68.2 Å². The smallest absolute Gasteiger partial charge is 0.261 e. The number of benzene rings is 2. The second-order valence-corrected chi connectivity index (χ2v) is 15.3. The van der Waals surface area contributed by atoms with Crippen LogP contribution in [-0.2, 0) is 9.16 Å². The van der Waals surface area contributed by atoms with Crippen LogP contribution in [0.1, 0.15) is 91.9 Å². The highest BCUT2D eigenvalue weighted by molar-refractivity contribution is 6.99. The molecule has 0 aromatic heterocycles. The molecule has 0 N–H and O–H groups in total. The highest BCUT2D eigenvalue weighted by atomic mass is 28.4. The normalized spacial score (nSPS) is 18.4. The molecule has 0 unspecified atom stereocenters. The lowest BCUT2D eigenvalue weighted by molar-refractivity contribution is 0.169. The van der Waals surface area contributed by atoms with Crippen LogP contribution in [0.5, 0.6) is 0 Å². The molecular formula is C30H46O2Si. The van der Waals surface area contributed by atoms with Gasteiger partial charge in [0.15, 0.2) is 0 Å². The van der Waals surface area contributed by atoms with E-state index in [-0.39, 0.29) is 10.6 Å². The Hall–Kier alpha value is -1.42. The van der Waals surface area contributed by atoms with Gasteiger partial charge < -0.3 is 9.16 Å². The van der Waals surface area contributed by atoms with Gasteiger partial charge in [-0.2, -0.15) is 0 Å². The molecule has 1 heterocycles. The van der Waals surface area contributed by atoms with Crippen LogP contribution >= 0.6 is 0 Å². The monoisotopic (exact) mass is 466 g/mol. The van der Waals surface area contributed by atoms with E-state index >= 15 is 0 Å². The molecular weight excluding hydrogens is 420 g/mol. The van der Waals surface area contributed by atoms with E-state index in [1.54, 1.807) is 0 Å². The van der Waals surface area contributed by atoms with E-state index in [0.717, 1.165) is 13.0 Å².